The molecule has 0 aliphatic carbocycles. The zero-order chi connectivity index (χ0) is 25.2. The minimum atomic E-state index is 0.269. The Balaban J connectivity index is 1.31. The SMILES string of the molecule is NC1CCN(c2ccnc(Nc3ccc4cc3CCc3cncc(c3)Nc3ncc(Cl)c(n3)N4)n2)CC1. The number of halogens is 1. The third-order valence-corrected chi connectivity index (χ3v) is 6.87. The van der Waals surface area contributed by atoms with Crippen molar-refractivity contribution in [3.05, 3.63) is 71.3 Å². The Morgan fingerprint density at radius 3 is 2.73 bits per heavy atom. The number of fused-ring (bicyclic) bond motifs is 6. The van der Waals surface area contributed by atoms with Gasteiger partial charge in [-0.1, -0.05) is 11.6 Å². The molecule has 6 bridgehead atoms. The van der Waals surface area contributed by atoms with Gasteiger partial charge in [-0.15, -0.1) is 0 Å². The van der Waals surface area contributed by atoms with Crippen molar-refractivity contribution in [3.8, 4) is 0 Å². The molecular formula is C26H27ClN10. The lowest BCUT2D eigenvalue weighted by molar-refractivity contribution is 0.498. The number of rotatable bonds is 3. The number of nitrogens with one attached hydrogen (secondary N) is 3. The normalized spacial score (nSPS) is 15.5. The Labute approximate surface area is 219 Å². The third-order valence-electron chi connectivity index (χ3n) is 6.60. The molecule has 3 aromatic heterocycles. The van der Waals surface area contributed by atoms with Crippen molar-refractivity contribution in [2.75, 3.05) is 33.9 Å². The van der Waals surface area contributed by atoms with Gasteiger partial charge in [0.05, 0.1) is 18.1 Å². The molecule has 1 fully saturated rings. The lowest BCUT2D eigenvalue weighted by Gasteiger charge is -2.31. The number of nitrogens with zero attached hydrogens (tertiary/aromatic N) is 6. The molecule has 37 heavy (non-hydrogen) atoms. The van der Waals surface area contributed by atoms with E-state index in [1.807, 2.05) is 24.4 Å². The molecule has 0 radical (unpaired) electrons. The molecule has 0 atom stereocenters. The van der Waals surface area contributed by atoms with Crippen LogP contribution in [0.5, 0.6) is 0 Å². The highest BCUT2D eigenvalue weighted by Gasteiger charge is 2.18. The monoisotopic (exact) mass is 514 g/mol. The second-order valence-corrected chi connectivity index (χ2v) is 9.69. The molecule has 6 rings (SSSR count). The van der Waals surface area contributed by atoms with Gasteiger partial charge in [-0.05, 0) is 67.1 Å². The van der Waals surface area contributed by atoms with Crippen LogP contribution in [0.4, 0.5) is 40.6 Å². The molecule has 0 amide bonds. The average Bonchev–Trinajstić information content (AvgIpc) is 2.91. The number of nitrogens with two attached hydrogens (primary N) is 1. The molecule has 0 unspecified atom stereocenters. The van der Waals surface area contributed by atoms with Crippen molar-refractivity contribution in [2.24, 2.45) is 5.73 Å². The molecule has 5 heterocycles. The summed E-state index contributed by atoms with van der Waals surface area (Å²) in [5.74, 6) is 2.43. The topological polar surface area (TPSA) is 130 Å². The Hall–Kier alpha value is -4.02. The summed E-state index contributed by atoms with van der Waals surface area (Å²) in [6, 6.07) is 10.4. The van der Waals surface area contributed by atoms with Crippen molar-refractivity contribution in [2.45, 2.75) is 31.7 Å². The molecule has 5 N–H and O–H groups in total. The van der Waals surface area contributed by atoms with Crippen molar-refractivity contribution >= 4 is 52.2 Å². The highest BCUT2D eigenvalue weighted by Crippen LogP contribution is 2.30. The Bertz CT molecular complexity index is 1420. The van der Waals surface area contributed by atoms with E-state index in [1.54, 1.807) is 18.6 Å². The zero-order valence-electron chi connectivity index (χ0n) is 20.2. The number of aryl methyl sites for hydroxylation is 2. The van der Waals surface area contributed by atoms with Crippen LogP contribution in [0.2, 0.25) is 5.02 Å². The first-order valence-corrected chi connectivity index (χ1v) is 12.7. The van der Waals surface area contributed by atoms with E-state index in [0.717, 1.165) is 72.8 Å². The predicted molar refractivity (Wildman–Crippen MR) is 146 cm³/mol. The number of benzene rings is 1. The van der Waals surface area contributed by atoms with Crippen LogP contribution in [0.3, 0.4) is 0 Å². The third kappa shape index (κ3) is 5.40. The van der Waals surface area contributed by atoms with Gasteiger partial charge >= 0.3 is 0 Å². The number of aromatic nitrogens is 5. The molecule has 0 spiro atoms. The van der Waals surface area contributed by atoms with Crippen LogP contribution < -0.4 is 26.6 Å². The Kier molecular flexibility index (Phi) is 6.42. The van der Waals surface area contributed by atoms with E-state index in [1.165, 1.54) is 0 Å². The smallest absolute Gasteiger partial charge is 0.229 e. The van der Waals surface area contributed by atoms with Gasteiger partial charge in [-0.3, -0.25) is 4.98 Å². The van der Waals surface area contributed by atoms with Gasteiger partial charge in [0, 0.05) is 42.9 Å². The van der Waals surface area contributed by atoms with Crippen molar-refractivity contribution in [3.63, 3.8) is 0 Å². The Morgan fingerprint density at radius 1 is 0.946 bits per heavy atom. The molecule has 1 aromatic carbocycles. The van der Waals surface area contributed by atoms with E-state index in [9.17, 15) is 0 Å². The van der Waals surface area contributed by atoms with Crippen LogP contribution in [0.25, 0.3) is 0 Å². The molecule has 4 aromatic rings. The first-order chi connectivity index (χ1) is 18.1. The van der Waals surface area contributed by atoms with Crippen LogP contribution in [0, 0.1) is 0 Å². The number of pyridine rings is 1. The fourth-order valence-corrected chi connectivity index (χ4v) is 4.73. The van der Waals surface area contributed by atoms with Gasteiger partial charge in [0.1, 0.15) is 10.8 Å². The summed E-state index contributed by atoms with van der Waals surface area (Å²) in [7, 11) is 0. The molecule has 188 valence electrons. The maximum absolute atomic E-state index is 6.39. The summed E-state index contributed by atoms with van der Waals surface area (Å²) < 4.78 is 0. The van der Waals surface area contributed by atoms with E-state index in [0.29, 0.717) is 22.7 Å². The quantitative estimate of drug-likeness (QED) is 0.308. The lowest BCUT2D eigenvalue weighted by Crippen LogP contribution is -2.40. The van der Waals surface area contributed by atoms with Crippen molar-refractivity contribution < 1.29 is 0 Å². The summed E-state index contributed by atoms with van der Waals surface area (Å²) in [6.45, 7) is 1.80. The molecule has 11 heteroatoms. The van der Waals surface area contributed by atoms with Crippen molar-refractivity contribution in [1.82, 2.24) is 24.9 Å². The van der Waals surface area contributed by atoms with Gasteiger partial charge in [-0.2, -0.15) is 9.97 Å². The predicted octanol–water partition coefficient (Wildman–Crippen LogP) is 4.57. The van der Waals surface area contributed by atoms with Crippen molar-refractivity contribution in [1.29, 1.82) is 0 Å². The molecule has 0 saturated carbocycles. The number of anilines is 7. The average molecular weight is 515 g/mol. The van der Waals surface area contributed by atoms with Crippen LogP contribution in [0.15, 0.2) is 55.1 Å². The lowest BCUT2D eigenvalue weighted by atomic mass is 10.0. The second-order valence-electron chi connectivity index (χ2n) is 9.28. The fraction of sp³-hybridized carbons (Fsp3) is 0.269. The summed E-state index contributed by atoms with van der Waals surface area (Å²) >= 11 is 6.39. The van der Waals surface area contributed by atoms with Gasteiger partial charge in [-0.25, -0.2) is 9.97 Å². The zero-order valence-corrected chi connectivity index (χ0v) is 20.9. The Morgan fingerprint density at radius 2 is 1.84 bits per heavy atom. The van der Waals surface area contributed by atoms with Crippen LogP contribution in [-0.2, 0) is 12.8 Å². The summed E-state index contributed by atoms with van der Waals surface area (Å²) in [5, 5.41) is 10.4. The second kappa shape index (κ2) is 10.2. The maximum Gasteiger partial charge on any atom is 0.229 e. The highest BCUT2D eigenvalue weighted by molar-refractivity contribution is 6.32. The molecule has 2 aliphatic heterocycles. The van der Waals surface area contributed by atoms with Crippen LogP contribution >= 0.6 is 11.6 Å². The maximum atomic E-state index is 6.39. The fourth-order valence-electron chi connectivity index (χ4n) is 4.59. The van der Waals surface area contributed by atoms with Gasteiger partial charge in [0.2, 0.25) is 11.9 Å². The molecule has 1 saturated heterocycles. The number of piperidine rings is 1. The van der Waals surface area contributed by atoms with Crippen LogP contribution in [-0.4, -0.2) is 44.1 Å². The first-order valence-electron chi connectivity index (χ1n) is 12.3. The standard InChI is InChI=1S/C26H27ClN10/c27-21-15-31-26-33-20-11-16(13-29-14-20)1-2-17-12-19(32-24(21)36-26)3-4-22(17)34-25-30-8-5-23(35-25)37-9-6-18(28)7-10-37/h3-5,8,11-15,18H,1-2,6-7,9-10,28H2,(H,30,34,35)(H2,31,32,33,36). The largest absolute Gasteiger partial charge is 0.356 e. The number of hydrogen-bond donors (Lipinski definition) is 4. The summed E-state index contributed by atoms with van der Waals surface area (Å²) in [6.07, 6.45) is 10.5. The molecular weight excluding hydrogens is 488 g/mol. The van der Waals surface area contributed by atoms with E-state index < -0.39 is 0 Å². The van der Waals surface area contributed by atoms with E-state index in [4.69, 9.17) is 22.3 Å². The highest BCUT2D eigenvalue weighted by atomic mass is 35.5. The number of hydrogen-bond acceptors (Lipinski definition) is 10. The summed E-state index contributed by atoms with van der Waals surface area (Å²) in [5.41, 5.74) is 10.9. The summed E-state index contributed by atoms with van der Waals surface area (Å²) in [4.78, 5) is 24.8. The van der Waals surface area contributed by atoms with Crippen LogP contribution in [0.1, 0.15) is 24.0 Å². The minimum Gasteiger partial charge on any atom is -0.356 e. The van der Waals surface area contributed by atoms with Gasteiger partial charge in [0.25, 0.3) is 0 Å². The van der Waals surface area contributed by atoms with E-state index in [-0.39, 0.29) is 6.04 Å². The van der Waals surface area contributed by atoms with E-state index >= 15 is 0 Å². The van der Waals surface area contributed by atoms with E-state index in [2.05, 4.69) is 52.9 Å². The first kappa shape index (κ1) is 23.4. The molecule has 10 nitrogen and oxygen atoms in total. The van der Waals surface area contributed by atoms with Gasteiger partial charge in [0.15, 0.2) is 5.82 Å². The molecule has 2 aliphatic rings. The minimum absolute atomic E-state index is 0.269. The van der Waals surface area contributed by atoms with Gasteiger partial charge < -0.3 is 26.6 Å².